The Kier molecular flexibility index (Phi) is 6.17. The first-order valence-electron chi connectivity index (χ1n) is 6.54. The van der Waals surface area contributed by atoms with E-state index in [2.05, 4.69) is 20.0 Å². The molecule has 0 atom stereocenters. The Labute approximate surface area is 161 Å². The van der Waals surface area contributed by atoms with Crippen molar-refractivity contribution >= 4 is 69.4 Å². The zero-order valence-corrected chi connectivity index (χ0v) is 15.6. The highest BCUT2D eigenvalue weighted by atomic mass is 35.6. The van der Waals surface area contributed by atoms with E-state index < -0.39 is 21.8 Å². The lowest BCUT2D eigenvalue weighted by atomic mass is 10.2. The number of nitrogens with zero attached hydrogens (tertiary/aromatic N) is 3. The lowest BCUT2D eigenvalue weighted by Crippen LogP contribution is -2.45. The van der Waals surface area contributed by atoms with Crippen molar-refractivity contribution in [2.45, 2.75) is 3.79 Å². The maximum absolute atomic E-state index is 12.0. The Bertz CT molecular complexity index is 794. The number of imide groups is 2. The Morgan fingerprint density at radius 2 is 1.76 bits per heavy atom. The van der Waals surface area contributed by atoms with Crippen LogP contribution in [0.3, 0.4) is 0 Å². The van der Waals surface area contributed by atoms with Crippen LogP contribution < -0.4 is 10.6 Å². The van der Waals surface area contributed by atoms with Gasteiger partial charge in [-0.15, -0.1) is 0 Å². The van der Waals surface area contributed by atoms with Crippen molar-refractivity contribution in [3.8, 4) is 0 Å². The summed E-state index contributed by atoms with van der Waals surface area (Å²) in [5.74, 6) is -0.746. The number of carbonyl (C=O) groups is 3. The number of halogens is 3. The number of amides is 5. The second kappa shape index (κ2) is 7.96. The van der Waals surface area contributed by atoms with E-state index in [0.29, 0.717) is 4.90 Å². The first-order chi connectivity index (χ1) is 11.7. The Morgan fingerprint density at radius 1 is 1.12 bits per heavy atom. The smallest absolute Gasteiger partial charge is 0.282 e. The molecule has 0 spiro atoms. The van der Waals surface area contributed by atoms with Crippen molar-refractivity contribution < 1.29 is 14.4 Å². The molecule has 0 aliphatic rings. The normalized spacial score (nSPS) is 10.9. The molecule has 12 heteroatoms. The van der Waals surface area contributed by atoms with E-state index in [4.69, 9.17) is 34.8 Å². The molecule has 1 heterocycles. The van der Waals surface area contributed by atoms with Crippen LogP contribution in [0.2, 0.25) is 0 Å². The number of nitrogens with one attached hydrogen (secondary N) is 2. The minimum atomic E-state index is -1.83. The molecule has 0 aliphatic carbocycles. The quantitative estimate of drug-likeness (QED) is 0.722. The molecular formula is C13H10Cl3N5O3S. The minimum Gasteiger partial charge on any atom is -0.282 e. The summed E-state index contributed by atoms with van der Waals surface area (Å²) in [6.07, 6.45) is 0. The highest BCUT2D eigenvalue weighted by molar-refractivity contribution is 7.10. The fraction of sp³-hybridized carbons (Fsp3) is 0.154. The fourth-order valence-corrected chi connectivity index (χ4v) is 2.51. The molecule has 0 saturated carbocycles. The lowest BCUT2D eigenvalue weighted by molar-refractivity contribution is 0.0958. The molecular weight excluding hydrogens is 413 g/mol. The molecule has 5 amide bonds. The third-order valence-electron chi connectivity index (χ3n) is 2.76. The van der Waals surface area contributed by atoms with Gasteiger partial charge in [0.25, 0.3) is 9.70 Å². The molecule has 0 unspecified atom stereocenters. The molecule has 1 aromatic heterocycles. The number of hydrogen-bond donors (Lipinski definition) is 2. The molecule has 0 radical (unpaired) electrons. The summed E-state index contributed by atoms with van der Waals surface area (Å²) >= 11 is 17.6. The lowest BCUT2D eigenvalue weighted by Gasteiger charge is -2.15. The van der Waals surface area contributed by atoms with E-state index in [-0.39, 0.29) is 16.5 Å². The van der Waals surface area contributed by atoms with Crippen molar-refractivity contribution in [1.82, 2.24) is 19.6 Å². The van der Waals surface area contributed by atoms with Gasteiger partial charge in [0.1, 0.15) is 0 Å². The number of carbonyl (C=O) groups excluding carboxylic acids is 3. The molecule has 0 saturated heterocycles. The number of benzene rings is 1. The van der Waals surface area contributed by atoms with Gasteiger partial charge in [-0.25, -0.2) is 14.5 Å². The summed E-state index contributed by atoms with van der Waals surface area (Å²) in [5, 5.41) is 4.42. The number of anilines is 1. The average Bonchev–Trinajstić information content (AvgIpc) is 3.03. The maximum atomic E-state index is 12.0. The van der Waals surface area contributed by atoms with Crippen LogP contribution in [0.25, 0.3) is 0 Å². The SMILES string of the molecule is CN(C(=O)NC(=O)c1ccccc1)C(=O)Nc1nc(C(Cl)(Cl)Cl)ns1. The molecule has 2 rings (SSSR count). The number of alkyl halides is 3. The van der Waals surface area contributed by atoms with Gasteiger partial charge in [-0.2, -0.15) is 9.36 Å². The van der Waals surface area contributed by atoms with Crippen molar-refractivity contribution in [2.24, 2.45) is 0 Å². The van der Waals surface area contributed by atoms with Crippen LogP contribution in [-0.4, -0.2) is 39.3 Å². The molecule has 8 nitrogen and oxygen atoms in total. The average molecular weight is 423 g/mol. The Hall–Kier alpha value is -1.94. The Balaban J connectivity index is 1.96. The molecule has 2 aromatic rings. The summed E-state index contributed by atoms with van der Waals surface area (Å²) in [7, 11) is 1.18. The van der Waals surface area contributed by atoms with Crippen LogP contribution in [0.15, 0.2) is 30.3 Å². The standard InChI is InChI=1S/C13H10Cl3N5O3S/c1-21(11(23)17-8(22)7-5-3-2-4-6-7)12(24)19-10-18-9(20-25-10)13(14,15)16/h2-6H,1H3,(H,17,22,23)(H,18,19,20,24). The molecule has 0 bridgehead atoms. The third-order valence-corrected chi connectivity index (χ3v) is 3.90. The van der Waals surface area contributed by atoms with Crippen LogP contribution in [0.4, 0.5) is 14.7 Å². The zero-order valence-electron chi connectivity index (χ0n) is 12.5. The van der Waals surface area contributed by atoms with Crippen LogP contribution in [-0.2, 0) is 3.79 Å². The van der Waals surface area contributed by atoms with Gasteiger partial charge in [0, 0.05) is 24.1 Å². The summed E-state index contributed by atoms with van der Waals surface area (Å²) in [5.41, 5.74) is 0.279. The Morgan fingerprint density at radius 3 is 2.32 bits per heavy atom. The van der Waals surface area contributed by atoms with Crippen LogP contribution in [0.1, 0.15) is 16.2 Å². The van der Waals surface area contributed by atoms with Gasteiger partial charge >= 0.3 is 12.1 Å². The van der Waals surface area contributed by atoms with Gasteiger partial charge in [-0.1, -0.05) is 53.0 Å². The van der Waals surface area contributed by atoms with E-state index in [1.54, 1.807) is 18.2 Å². The molecule has 2 N–H and O–H groups in total. The molecule has 0 fully saturated rings. The van der Waals surface area contributed by atoms with Crippen LogP contribution in [0, 0.1) is 0 Å². The second-order valence-electron chi connectivity index (χ2n) is 4.54. The number of rotatable bonds is 2. The van der Waals surface area contributed by atoms with Gasteiger partial charge < -0.3 is 0 Å². The summed E-state index contributed by atoms with van der Waals surface area (Å²) in [4.78, 5) is 40.4. The highest BCUT2D eigenvalue weighted by Gasteiger charge is 2.29. The van der Waals surface area contributed by atoms with Crippen molar-refractivity contribution in [2.75, 3.05) is 12.4 Å². The maximum Gasteiger partial charge on any atom is 0.332 e. The largest absolute Gasteiger partial charge is 0.332 e. The van der Waals surface area contributed by atoms with Gasteiger partial charge in [-0.05, 0) is 12.1 Å². The first-order valence-corrected chi connectivity index (χ1v) is 8.45. The van der Waals surface area contributed by atoms with E-state index in [1.165, 1.54) is 19.2 Å². The van der Waals surface area contributed by atoms with E-state index in [1.807, 2.05) is 0 Å². The number of hydrogen-bond acceptors (Lipinski definition) is 6. The van der Waals surface area contributed by atoms with E-state index >= 15 is 0 Å². The van der Waals surface area contributed by atoms with Gasteiger partial charge in [-0.3, -0.25) is 15.4 Å². The van der Waals surface area contributed by atoms with Crippen molar-refractivity contribution in [1.29, 1.82) is 0 Å². The number of aromatic nitrogens is 2. The summed E-state index contributed by atoms with van der Waals surface area (Å²) in [6.45, 7) is 0. The van der Waals surface area contributed by atoms with Gasteiger partial charge in [0.15, 0.2) is 5.82 Å². The molecule has 25 heavy (non-hydrogen) atoms. The predicted octanol–water partition coefficient (Wildman–Crippen LogP) is 3.38. The highest BCUT2D eigenvalue weighted by Crippen LogP contribution is 2.37. The van der Waals surface area contributed by atoms with E-state index in [0.717, 1.165) is 11.5 Å². The first kappa shape index (κ1) is 19.4. The third kappa shape index (κ3) is 5.27. The summed E-state index contributed by atoms with van der Waals surface area (Å²) < 4.78 is 1.95. The second-order valence-corrected chi connectivity index (χ2v) is 7.57. The topological polar surface area (TPSA) is 104 Å². The monoisotopic (exact) mass is 421 g/mol. The minimum absolute atomic E-state index is 0.0281. The van der Waals surface area contributed by atoms with Crippen LogP contribution in [0.5, 0.6) is 0 Å². The molecule has 132 valence electrons. The summed E-state index contributed by atoms with van der Waals surface area (Å²) in [6, 6.07) is 6.32. The van der Waals surface area contributed by atoms with Crippen LogP contribution >= 0.6 is 46.3 Å². The number of urea groups is 2. The molecule has 1 aromatic carbocycles. The van der Waals surface area contributed by atoms with Crippen molar-refractivity contribution in [3.05, 3.63) is 41.7 Å². The van der Waals surface area contributed by atoms with Gasteiger partial charge in [0.05, 0.1) is 0 Å². The fourth-order valence-electron chi connectivity index (χ4n) is 1.50. The molecule has 0 aliphatic heterocycles. The van der Waals surface area contributed by atoms with Gasteiger partial charge in [0.2, 0.25) is 5.13 Å². The predicted molar refractivity (Wildman–Crippen MR) is 95.2 cm³/mol. The zero-order chi connectivity index (χ0) is 18.6. The van der Waals surface area contributed by atoms with E-state index in [9.17, 15) is 14.4 Å². The van der Waals surface area contributed by atoms with Crippen molar-refractivity contribution in [3.63, 3.8) is 0 Å².